The fraction of sp³-hybridized carbons (Fsp3) is 0.227. The van der Waals surface area contributed by atoms with Crippen LogP contribution in [0.1, 0.15) is 12.5 Å². The number of ketones is 1. The summed E-state index contributed by atoms with van der Waals surface area (Å²) in [5.41, 5.74) is 2.15. The summed E-state index contributed by atoms with van der Waals surface area (Å²) in [6, 6.07) is 11.9. The molecule has 2 aromatic carbocycles. The van der Waals surface area contributed by atoms with Crippen molar-refractivity contribution in [3.63, 3.8) is 0 Å². The molecule has 3 aliphatic heterocycles. The summed E-state index contributed by atoms with van der Waals surface area (Å²) in [6.07, 6.45) is 3.84. The lowest BCUT2D eigenvalue weighted by Crippen LogP contribution is -2.48. The molecule has 2 aromatic rings. The Bertz CT molecular complexity index is 1050. The molecule has 0 saturated carbocycles. The summed E-state index contributed by atoms with van der Waals surface area (Å²) < 4.78 is 13.3. The third-order valence-electron chi connectivity index (χ3n) is 5.92. The van der Waals surface area contributed by atoms with E-state index in [-0.39, 0.29) is 17.7 Å². The van der Waals surface area contributed by atoms with Crippen LogP contribution in [0.4, 0.5) is 15.8 Å². The van der Waals surface area contributed by atoms with Gasteiger partial charge >= 0.3 is 0 Å². The van der Waals surface area contributed by atoms with Crippen molar-refractivity contribution >= 4 is 35.0 Å². The Morgan fingerprint density at radius 2 is 1.64 bits per heavy atom. The van der Waals surface area contributed by atoms with E-state index in [9.17, 15) is 18.8 Å². The van der Waals surface area contributed by atoms with E-state index in [2.05, 4.69) is 0 Å². The van der Waals surface area contributed by atoms with Crippen LogP contribution >= 0.6 is 0 Å². The molecule has 5 nitrogen and oxygen atoms in total. The van der Waals surface area contributed by atoms with Crippen LogP contribution in [-0.2, 0) is 14.4 Å². The Kier molecular flexibility index (Phi) is 3.53. The molecule has 0 bridgehead atoms. The van der Waals surface area contributed by atoms with Crippen molar-refractivity contribution < 1.29 is 18.8 Å². The van der Waals surface area contributed by atoms with Gasteiger partial charge in [0.2, 0.25) is 11.8 Å². The first-order valence-electron chi connectivity index (χ1n) is 9.18. The second-order valence-electron chi connectivity index (χ2n) is 7.41. The van der Waals surface area contributed by atoms with Crippen LogP contribution in [0.25, 0.3) is 6.08 Å². The van der Waals surface area contributed by atoms with E-state index in [0.717, 1.165) is 16.2 Å². The van der Waals surface area contributed by atoms with Crippen molar-refractivity contribution in [2.45, 2.75) is 19.0 Å². The van der Waals surface area contributed by atoms with Gasteiger partial charge in [-0.15, -0.1) is 0 Å². The van der Waals surface area contributed by atoms with Gasteiger partial charge in [0.1, 0.15) is 11.9 Å². The zero-order chi connectivity index (χ0) is 19.6. The molecule has 5 rings (SSSR count). The molecule has 4 atom stereocenters. The molecule has 2 amide bonds. The Morgan fingerprint density at radius 3 is 2.36 bits per heavy atom. The number of carbonyl (C=O) groups is 3. The number of fused-ring (bicyclic) bond motifs is 5. The summed E-state index contributed by atoms with van der Waals surface area (Å²) >= 11 is 0. The summed E-state index contributed by atoms with van der Waals surface area (Å²) in [7, 11) is 0. The van der Waals surface area contributed by atoms with Gasteiger partial charge in [0.05, 0.1) is 23.6 Å². The first kappa shape index (κ1) is 16.9. The molecule has 3 heterocycles. The van der Waals surface area contributed by atoms with Crippen LogP contribution in [0.15, 0.2) is 54.6 Å². The third-order valence-corrected chi connectivity index (χ3v) is 5.92. The Balaban J connectivity index is 1.62. The molecule has 0 aliphatic carbocycles. The molecular weight excluding hydrogens is 359 g/mol. The number of imide groups is 1. The topological polar surface area (TPSA) is 57.7 Å². The molecule has 0 N–H and O–H groups in total. The number of anilines is 2. The van der Waals surface area contributed by atoms with Crippen molar-refractivity contribution in [3.8, 4) is 0 Å². The van der Waals surface area contributed by atoms with Gasteiger partial charge < -0.3 is 4.90 Å². The maximum atomic E-state index is 13.3. The molecule has 0 spiro atoms. The molecule has 2 saturated heterocycles. The van der Waals surface area contributed by atoms with Gasteiger partial charge in [0.25, 0.3) is 0 Å². The normalized spacial score (nSPS) is 27.6. The summed E-state index contributed by atoms with van der Waals surface area (Å²) in [5.74, 6) is -2.73. The highest BCUT2D eigenvalue weighted by molar-refractivity contribution is 6.24. The van der Waals surface area contributed by atoms with E-state index in [1.54, 1.807) is 0 Å². The van der Waals surface area contributed by atoms with Crippen LogP contribution < -0.4 is 9.80 Å². The van der Waals surface area contributed by atoms with E-state index in [1.165, 1.54) is 31.2 Å². The maximum Gasteiger partial charge on any atom is 0.240 e. The number of Topliss-reactive ketones (excluding diaryl/α,β-unsaturated/α-hetero) is 1. The smallest absolute Gasteiger partial charge is 0.240 e. The van der Waals surface area contributed by atoms with Gasteiger partial charge in [-0.2, -0.15) is 0 Å². The van der Waals surface area contributed by atoms with Gasteiger partial charge in [-0.1, -0.05) is 30.4 Å². The lowest BCUT2D eigenvalue weighted by molar-refractivity contribution is -0.126. The molecule has 3 aliphatic rings. The van der Waals surface area contributed by atoms with Crippen LogP contribution in [-0.4, -0.2) is 29.7 Å². The minimum atomic E-state index is -0.754. The number of hydrogen-bond donors (Lipinski definition) is 0. The number of amides is 2. The van der Waals surface area contributed by atoms with Crippen LogP contribution in [0, 0.1) is 17.7 Å². The van der Waals surface area contributed by atoms with Gasteiger partial charge in [-0.05, 0) is 42.8 Å². The van der Waals surface area contributed by atoms with Crippen molar-refractivity contribution in [1.29, 1.82) is 0 Å². The fourth-order valence-corrected chi connectivity index (χ4v) is 4.82. The Morgan fingerprint density at radius 1 is 0.964 bits per heavy atom. The molecule has 6 heteroatoms. The lowest BCUT2D eigenvalue weighted by atomic mass is 9.88. The first-order valence-corrected chi connectivity index (χ1v) is 9.18. The predicted molar refractivity (Wildman–Crippen MR) is 102 cm³/mol. The minimum absolute atomic E-state index is 0.148. The molecule has 0 radical (unpaired) electrons. The van der Waals surface area contributed by atoms with Crippen LogP contribution in [0.2, 0.25) is 0 Å². The predicted octanol–water partition coefficient (Wildman–Crippen LogP) is 2.80. The standard InChI is InChI=1S/C22H17FN2O3/c1-12(26)20-19-18(17-11-6-13-4-2-3-5-16(13)25(17)20)21(27)24(22(19)28)15-9-7-14(23)8-10-15/h2-11,17-20H,1H3/t17-,18-,19-,20-/m0/s1. The third kappa shape index (κ3) is 2.14. The fourth-order valence-electron chi connectivity index (χ4n) is 4.82. The molecule has 28 heavy (non-hydrogen) atoms. The van der Waals surface area contributed by atoms with Crippen molar-refractivity contribution in [1.82, 2.24) is 0 Å². The maximum absolute atomic E-state index is 13.3. The van der Waals surface area contributed by atoms with Crippen LogP contribution in [0.5, 0.6) is 0 Å². The zero-order valence-corrected chi connectivity index (χ0v) is 15.1. The monoisotopic (exact) mass is 376 g/mol. The largest absolute Gasteiger partial charge is 0.353 e. The SMILES string of the molecule is CC(=O)[C@H]1[C@H]2C(=O)N(c3ccc(F)cc3)C(=O)[C@H]2[C@@H]2C=Cc3ccccc3N21. The number of carbonyl (C=O) groups excluding carboxylic acids is 3. The number of halogens is 1. The van der Waals surface area contributed by atoms with Crippen LogP contribution in [0.3, 0.4) is 0 Å². The van der Waals surface area contributed by atoms with Crippen molar-refractivity contribution in [3.05, 3.63) is 66.0 Å². The van der Waals surface area contributed by atoms with E-state index in [1.807, 2.05) is 41.3 Å². The summed E-state index contributed by atoms with van der Waals surface area (Å²) in [5, 5.41) is 0. The number of para-hydroxylation sites is 1. The van der Waals surface area contributed by atoms with Crippen molar-refractivity contribution in [2.75, 3.05) is 9.80 Å². The highest BCUT2D eigenvalue weighted by atomic mass is 19.1. The zero-order valence-electron chi connectivity index (χ0n) is 15.1. The highest BCUT2D eigenvalue weighted by Crippen LogP contribution is 2.49. The minimum Gasteiger partial charge on any atom is -0.353 e. The molecule has 2 fully saturated rings. The van der Waals surface area contributed by atoms with Crippen molar-refractivity contribution in [2.24, 2.45) is 11.8 Å². The Hall–Kier alpha value is -3.28. The summed E-state index contributed by atoms with van der Waals surface area (Å²) in [4.78, 5) is 42.1. The van der Waals surface area contributed by atoms with E-state index >= 15 is 0 Å². The van der Waals surface area contributed by atoms with Gasteiger partial charge in [-0.3, -0.25) is 14.4 Å². The highest BCUT2D eigenvalue weighted by Gasteiger charge is 2.63. The molecule has 140 valence electrons. The number of benzene rings is 2. The number of hydrogen-bond acceptors (Lipinski definition) is 4. The van der Waals surface area contributed by atoms with Gasteiger partial charge in [0.15, 0.2) is 5.78 Å². The van der Waals surface area contributed by atoms with Gasteiger partial charge in [-0.25, -0.2) is 9.29 Å². The number of rotatable bonds is 2. The molecular formula is C22H17FN2O3. The first-order chi connectivity index (χ1) is 13.5. The van der Waals surface area contributed by atoms with Gasteiger partial charge in [0, 0.05) is 5.69 Å². The lowest BCUT2D eigenvalue weighted by Gasteiger charge is -2.36. The second-order valence-corrected chi connectivity index (χ2v) is 7.41. The quantitative estimate of drug-likeness (QED) is 0.757. The van der Waals surface area contributed by atoms with E-state index < -0.39 is 29.6 Å². The number of nitrogens with zero attached hydrogens (tertiary/aromatic N) is 2. The average molecular weight is 376 g/mol. The molecule has 0 unspecified atom stereocenters. The van der Waals surface area contributed by atoms with E-state index in [0.29, 0.717) is 5.69 Å². The molecule has 0 aromatic heterocycles. The second kappa shape index (κ2) is 5.86. The average Bonchev–Trinajstić information content (AvgIpc) is 3.16. The van der Waals surface area contributed by atoms with E-state index in [4.69, 9.17) is 0 Å². The Labute approximate surface area is 161 Å². The summed E-state index contributed by atoms with van der Waals surface area (Å²) in [6.45, 7) is 1.46.